The van der Waals surface area contributed by atoms with Gasteiger partial charge in [-0.1, -0.05) is 0 Å². The molecule has 116 valence electrons. The van der Waals surface area contributed by atoms with Crippen LogP contribution in [0.1, 0.15) is 51.0 Å². The maximum Gasteiger partial charge on any atom is 0.145 e. The van der Waals surface area contributed by atoms with Crippen molar-refractivity contribution in [2.24, 2.45) is 0 Å². The Bertz CT molecular complexity index is 488. The van der Waals surface area contributed by atoms with E-state index in [1.165, 1.54) is 58.0 Å². The molecule has 1 saturated carbocycles. The van der Waals surface area contributed by atoms with Crippen molar-refractivity contribution in [3.05, 3.63) is 12.3 Å². The van der Waals surface area contributed by atoms with Crippen molar-refractivity contribution in [2.45, 2.75) is 62.6 Å². The van der Waals surface area contributed by atoms with E-state index in [2.05, 4.69) is 14.7 Å². The maximum atomic E-state index is 6.06. The van der Waals surface area contributed by atoms with Crippen molar-refractivity contribution < 1.29 is 4.74 Å². The lowest BCUT2D eigenvalue weighted by Crippen LogP contribution is -2.53. The summed E-state index contributed by atoms with van der Waals surface area (Å²) in [6.07, 6.45) is 10.8. The molecule has 3 heterocycles. The van der Waals surface area contributed by atoms with Gasteiger partial charge in [-0.2, -0.15) is 5.10 Å². The molecule has 3 fully saturated rings. The molecule has 5 nitrogen and oxygen atoms in total. The number of nitrogens with zero attached hydrogens (tertiary/aromatic N) is 3. The Morgan fingerprint density at radius 1 is 1.19 bits per heavy atom. The highest BCUT2D eigenvalue weighted by molar-refractivity contribution is 5.24. The summed E-state index contributed by atoms with van der Waals surface area (Å²) in [5, 5.41) is 4.37. The van der Waals surface area contributed by atoms with E-state index in [-0.39, 0.29) is 5.60 Å². The van der Waals surface area contributed by atoms with E-state index in [9.17, 15) is 0 Å². The number of hydrogen-bond acceptors (Lipinski definition) is 4. The Hall–Kier alpha value is -1.07. The second-order valence-electron chi connectivity index (χ2n) is 7.02. The normalized spacial score (nSPS) is 30.4. The molecular weight excluding hydrogens is 264 g/mol. The molecule has 1 atom stereocenters. The van der Waals surface area contributed by atoms with Gasteiger partial charge in [0, 0.05) is 31.9 Å². The Morgan fingerprint density at radius 2 is 2.00 bits per heavy atom. The van der Waals surface area contributed by atoms with Crippen LogP contribution in [0.5, 0.6) is 0 Å². The molecule has 2 saturated heterocycles. The lowest BCUT2D eigenvalue weighted by atomic mass is 9.73. The predicted molar refractivity (Wildman–Crippen MR) is 82.0 cm³/mol. The van der Waals surface area contributed by atoms with Crippen molar-refractivity contribution in [3.8, 4) is 0 Å². The summed E-state index contributed by atoms with van der Waals surface area (Å²) >= 11 is 0. The van der Waals surface area contributed by atoms with Gasteiger partial charge in [-0.25, -0.2) is 0 Å². The summed E-state index contributed by atoms with van der Waals surface area (Å²) in [6.45, 7) is 3.33. The minimum absolute atomic E-state index is 0.260. The summed E-state index contributed by atoms with van der Waals surface area (Å²) in [6, 6.07) is 3.16. The van der Waals surface area contributed by atoms with E-state index in [4.69, 9.17) is 10.5 Å². The fourth-order valence-electron chi connectivity index (χ4n) is 4.30. The molecular formula is C16H26N4O. The number of likely N-dealkylation sites (tertiary alicyclic amines) is 1. The number of nitrogen functional groups attached to an aromatic ring is 1. The van der Waals surface area contributed by atoms with Crippen LogP contribution in [-0.4, -0.2) is 46.0 Å². The summed E-state index contributed by atoms with van der Waals surface area (Å²) in [7, 11) is 0. The first kappa shape index (κ1) is 13.6. The monoisotopic (exact) mass is 290 g/mol. The first-order valence-electron chi connectivity index (χ1n) is 8.43. The van der Waals surface area contributed by atoms with E-state index >= 15 is 0 Å². The van der Waals surface area contributed by atoms with Crippen LogP contribution in [0.3, 0.4) is 0 Å². The highest BCUT2D eigenvalue weighted by Crippen LogP contribution is 2.43. The lowest BCUT2D eigenvalue weighted by molar-refractivity contribution is -0.150. The van der Waals surface area contributed by atoms with Crippen LogP contribution in [0.15, 0.2) is 12.3 Å². The molecule has 2 N–H and O–H groups in total. The minimum Gasteiger partial charge on any atom is -0.382 e. The van der Waals surface area contributed by atoms with Gasteiger partial charge in [0.2, 0.25) is 0 Å². The van der Waals surface area contributed by atoms with Gasteiger partial charge in [0.1, 0.15) is 5.82 Å². The van der Waals surface area contributed by atoms with E-state index in [0.29, 0.717) is 11.9 Å². The van der Waals surface area contributed by atoms with Crippen molar-refractivity contribution in [1.29, 1.82) is 0 Å². The third-order valence-electron chi connectivity index (χ3n) is 5.75. The highest BCUT2D eigenvalue weighted by atomic mass is 16.5. The van der Waals surface area contributed by atoms with Crippen molar-refractivity contribution in [2.75, 3.05) is 25.4 Å². The summed E-state index contributed by atoms with van der Waals surface area (Å²) < 4.78 is 8.12. The van der Waals surface area contributed by atoms with Crippen molar-refractivity contribution in [3.63, 3.8) is 0 Å². The minimum atomic E-state index is 0.260. The molecule has 1 unspecified atom stereocenters. The predicted octanol–water partition coefficient (Wildman–Crippen LogP) is 2.20. The van der Waals surface area contributed by atoms with Gasteiger partial charge in [-0.3, -0.25) is 4.68 Å². The van der Waals surface area contributed by atoms with Gasteiger partial charge in [0.25, 0.3) is 0 Å². The largest absolute Gasteiger partial charge is 0.382 e. The van der Waals surface area contributed by atoms with E-state index in [1.807, 2.05) is 12.3 Å². The molecule has 2 aliphatic heterocycles. The van der Waals surface area contributed by atoms with Gasteiger partial charge in [-0.05, 0) is 51.0 Å². The van der Waals surface area contributed by atoms with Crippen LogP contribution in [0.4, 0.5) is 5.82 Å². The Labute approximate surface area is 126 Å². The number of rotatable bonds is 2. The number of aromatic nitrogens is 2. The molecule has 0 aromatic carbocycles. The first-order chi connectivity index (χ1) is 10.2. The van der Waals surface area contributed by atoms with Crippen LogP contribution in [0, 0.1) is 0 Å². The maximum absolute atomic E-state index is 6.06. The Morgan fingerprint density at radius 3 is 2.62 bits per heavy atom. The fraction of sp³-hybridized carbons (Fsp3) is 0.812. The quantitative estimate of drug-likeness (QED) is 0.907. The summed E-state index contributed by atoms with van der Waals surface area (Å²) in [5.74, 6) is 0.633. The highest BCUT2D eigenvalue weighted by Gasteiger charge is 2.44. The standard InChI is InChI=1S/C16H26N4O/c17-15-4-10-20(18-15)13-2-8-19(9-3-13)14-5-11-21-16(12-14)6-1-7-16/h4,10,13-14H,1-3,5-9,11-12H2,(H2,17,18). The van der Waals surface area contributed by atoms with Crippen LogP contribution >= 0.6 is 0 Å². The van der Waals surface area contributed by atoms with E-state index in [1.54, 1.807) is 0 Å². The molecule has 0 radical (unpaired) electrons. The van der Waals surface area contributed by atoms with Gasteiger partial charge in [0.15, 0.2) is 0 Å². The topological polar surface area (TPSA) is 56.3 Å². The number of ether oxygens (including phenoxy) is 1. The van der Waals surface area contributed by atoms with Gasteiger partial charge < -0.3 is 15.4 Å². The molecule has 5 heteroatoms. The van der Waals surface area contributed by atoms with Gasteiger partial charge >= 0.3 is 0 Å². The zero-order valence-electron chi connectivity index (χ0n) is 12.7. The number of hydrogen-bond donors (Lipinski definition) is 1. The molecule has 0 bridgehead atoms. The smallest absolute Gasteiger partial charge is 0.145 e. The lowest BCUT2D eigenvalue weighted by Gasteiger charge is -2.50. The van der Waals surface area contributed by atoms with Gasteiger partial charge in [-0.15, -0.1) is 0 Å². The second-order valence-corrected chi connectivity index (χ2v) is 7.02. The van der Waals surface area contributed by atoms with Gasteiger partial charge in [0.05, 0.1) is 11.6 Å². The zero-order valence-corrected chi connectivity index (χ0v) is 12.7. The number of nitrogens with two attached hydrogens (primary N) is 1. The molecule has 1 aromatic heterocycles. The zero-order chi connectivity index (χ0) is 14.3. The Kier molecular flexibility index (Phi) is 3.42. The number of piperidine rings is 1. The Balaban J connectivity index is 1.34. The van der Waals surface area contributed by atoms with Crippen LogP contribution < -0.4 is 5.73 Å². The third-order valence-corrected chi connectivity index (χ3v) is 5.75. The third kappa shape index (κ3) is 2.57. The number of anilines is 1. The van der Waals surface area contributed by atoms with E-state index < -0.39 is 0 Å². The van der Waals surface area contributed by atoms with Crippen LogP contribution in [0.2, 0.25) is 0 Å². The molecule has 4 rings (SSSR count). The molecule has 1 aromatic rings. The summed E-state index contributed by atoms with van der Waals surface area (Å²) in [5.41, 5.74) is 5.98. The molecule has 1 aliphatic carbocycles. The molecule has 3 aliphatic rings. The molecule has 21 heavy (non-hydrogen) atoms. The van der Waals surface area contributed by atoms with Crippen molar-refractivity contribution in [1.82, 2.24) is 14.7 Å². The van der Waals surface area contributed by atoms with Crippen molar-refractivity contribution >= 4 is 5.82 Å². The SMILES string of the molecule is Nc1ccn(C2CCN(C3CCOC4(CCC4)C3)CC2)n1. The fourth-order valence-corrected chi connectivity index (χ4v) is 4.30. The molecule has 0 amide bonds. The first-order valence-corrected chi connectivity index (χ1v) is 8.43. The summed E-state index contributed by atoms with van der Waals surface area (Å²) in [4.78, 5) is 2.70. The van der Waals surface area contributed by atoms with E-state index in [0.717, 1.165) is 12.6 Å². The molecule has 1 spiro atoms. The average molecular weight is 290 g/mol. The van der Waals surface area contributed by atoms with Crippen LogP contribution in [0.25, 0.3) is 0 Å². The van der Waals surface area contributed by atoms with Crippen LogP contribution in [-0.2, 0) is 4.74 Å². The average Bonchev–Trinajstić information content (AvgIpc) is 2.93. The second kappa shape index (κ2) is 5.29.